The number of hydrogen-bond acceptors (Lipinski definition) is 5. The van der Waals surface area contributed by atoms with Crippen molar-refractivity contribution in [2.45, 2.75) is 6.54 Å². The maximum absolute atomic E-state index is 5.95. The molecule has 1 fully saturated rings. The second kappa shape index (κ2) is 8.92. The Morgan fingerprint density at radius 1 is 1.00 bits per heavy atom. The van der Waals surface area contributed by atoms with Crippen molar-refractivity contribution in [3.63, 3.8) is 0 Å². The summed E-state index contributed by atoms with van der Waals surface area (Å²) in [4.78, 5) is 2.43. The number of hydrogen-bond donors (Lipinski definition) is 0. The highest BCUT2D eigenvalue weighted by Gasteiger charge is 2.15. The summed E-state index contributed by atoms with van der Waals surface area (Å²) in [7, 11) is 3.30. The molecule has 0 atom stereocenters. The number of methoxy groups -OCH3 is 2. The molecule has 0 aliphatic carbocycles. The Labute approximate surface area is 159 Å². The lowest BCUT2D eigenvalue weighted by atomic mass is 10.2. The van der Waals surface area contributed by atoms with E-state index in [9.17, 15) is 0 Å². The van der Waals surface area contributed by atoms with Crippen LogP contribution in [0.5, 0.6) is 11.5 Å². The highest BCUT2D eigenvalue weighted by atomic mass is 35.5. The van der Waals surface area contributed by atoms with E-state index in [1.807, 2.05) is 36.5 Å². The van der Waals surface area contributed by atoms with E-state index in [2.05, 4.69) is 27.1 Å². The van der Waals surface area contributed by atoms with Crippen molar-refractivity contribution in [1.29, 1.82) is 0 Å². The molecule has 0 bridgehead atoms. The van der Waals surface area contributed by atoms with Gasteiger partial charge in [-0.05, 0) is 29.8 Å². The van der Waals surface area contributed by atoms with Crippen molar-refractivity contribution in [1.82, 2.24) is 9.91 Å². The van der Waals surface area contributed by atoms with Crippen LogP contribution in [0.25, 0.3) is 0 Å². The monoisotopic (exact) mass is 373 g/mol. The Morgan fingerprint density at radius 2 is 1.73 bits per heavy atom. The van der Waals surface area contributed by atoms with Crippen LogP contribution in [0, 0.1) is 0 Å². The molecule has 138 valence electrons. The van der Waals surface area contributed by atoms with E-state index in [1.165, 1.54) is 5.56 Å². The molecule has 1 heterocycles. The van der Waals surface area contributed by atoms with Gasteiger partial charge in [-0.3, -0.25) is 9.91 Å². The van der Waals surface area contributed by atoms with Crippen LogP contribution in [0.4, 0.5) is 0 Å². The average molecular weight is 374 g/mol. The lowest BCUT2D eigenvalue weighted by Gasteiger charge is -2.33. The molecule has 0 unspecified atom stereocenters. The maximum Gasteiger partial charge on any atom is 0.131 e. The van der Waals surface area contributed by atoms with Crippen LogP contribution in [0.2, 0.25) is 5.02 Å². The van der Waals surface area contributed by atoms with Gasteiger partial charge in [0.2, 0.25) is 0 Å². The molecule has 1 aliphatic heterocycles. The third-order valence-corrected chi connectivity index (χ3v) is 4.72. The molecule has 0 aromatic heterocycles. The predicted octanol–water partition coefficient (Wildman–Crippen LogP) is 3.51. The van der Waals surface area contributed by atoms with Crippen molar-refractivity contribution < 1.29 is 9.47 Å². The zero-order valence-corrected chi connectivity index (χ0v) is 15.9. The molecule has 0 N–H and O–H groups in total. The van der Waals surface area contributed by atoms with Crippen molar-refractivity contribution in [2.24, 2.45) is 5.10 Å². The van der Waals surface area contributed by atoms with E-state index >= 15 is 0 Å². The molecular formula is C20H24ClN3O2. The van der Waals surface area contributed by atoms with Crippen molar-refractivity contribution >= 4 is 17.8 Å². The van der Waals surface area contributed by atoms with E-state index in [1.54, 1.807) is 14.2 Å². The minimum atomic E-state index is 0.759. The molecule has 3 rings (SSSR count). The predicted molar refractivity (Wildman–Crippen MR) is 105 cm³/mol. The fourth-order valence-corrected chi connectivity index (χ4v) is 3.05. The van der Waals surface area contributed by atoms with Crippen LogP contribution < -0.4 is 9.47 Å². The van der Waals surface area contributed by atoms with E-state index in [-0.39, 0.29) is 0 Å². The summed E-state index contributed by atoms with van der Waals surface area (Å²) in [6.45, 7) is 4.73. The Balaban J connectivity index is 1.53. The maximum atomic E-state index is 5.95. The molecular weight excluding hydrogens is 350 g/mol. The number of rotatable bonds is 6. The van der Waals surface area contributed by atoms with Crippen molar-refractivity contribution in [2.75, 3.05) is 40.4 Å². The van der Waals surface area contributed by atoms with Gasteiger partial charge in [0, 0.05) is 49.4 Å². The van der Waals surface area contributed by atoms with Crippen LogP contribution in [0.1, 0.15) is 11.1 Å². The second-order valence-electron chi connectivity index (χ2n) is 6.21. The van der Waals surface area contributed by atoms with Crippen molar-refractivity contribution in [3.05, 3.63) is 58.6 Å². The Hall–Kier alpha value is -2.24. The van der Waals surface area contributed by atoms with E-state index in [4.69, 9.17) is 21.1 Å². The van der Waals surface area contributed by atoms with Gasteiger partial charge in [-0.1, -0.05) is 23.7 Å². The van der Waals surface area contributed by atoms with Gasteiger partial charge in [0.1, 0.15) is 11.5 Å². The fraction of sp³-hybridized carbons (Fsp3) is 0.350. The topological polar surface area (TPSA) is 37.3 Å². The number of piperazine rings is 1. The summed E-state index contributed by atoms with van der Waals surface area (Å²) < 4.78 is 10.6. The first kappa shape index (κ1) is 18.5. The summed E-state index contributed by atoms with van der Waals surface area (Å²) in [5.74, 6) is 1.53. The lowest BCUT2D eigenvalue weighted by Crippen LogP contribution is -2.43. The van der Waals surface area contributed by atoms with Gasteiger partial charge in [-0.25, -0.2) is 0 Å². The van der Waals surface area contributed by atoms with Gasteiger partial charge in [-0.15, -0.1) is 0 Å². The van der Waals surface area contributed by atoms with E-state index in [0.29, 0.717) is 0 Å². The molecule has 6 heteroatoms. The number of benzene rings is 2. The molecule has 2 aromatic rings. The van der Waals surface area contributed by atoms with Crippen LogP contribution in [0.3, 0.4) is 0 Å². The Bertz CT molecular complexity index is 741. The molecule has 5 nitrogen and oxygen atoms in total. The van der Waals surface area contributed by atoms with Gasteiger partial charge in [0.25, 0.3) is 0 Å². The third-order valence-electron chi connectivity index (χ3n) is 4.47. The zero-order chi connectivity index (χ0) is 18.4. The normalized spacial score (nSPS) is 15.4. The quantitative estimate of drug-likeness (QED) is 0.726. The van der Waals surface area contributed by atoms with Crippen LogP contribution in [-0.2, 0) is 6.54 Å². The minimum absolute atomic E-state index is 0.759. The SMILES string of the molecule is COc1ccc(C=NN2CCN(Cc3ccc(Cl)cc3)CC2)c(OC)c1. The Kier molecular flexibility index (Phi) is 6.36. The zero-order valence-electron chi connectivity index (χ0n) is 15.2. The van der Waals surface area contributed by atoms with Gasteiger partial charge >= 0.3 is 0 Å². The smallest absolute Gasteiger partial charge is 0.131 e. The number of halogens is 1. The fourth-order valence-electron chi connectivity index (χ4n) is 2.93. The molecule has 0 amide bonds. The first-order valence-corrected chi connectivity index (χ1v) is 9.03. The second-order valence-corrected chi connectivity index (χ2v) is 6.65. The summed E-state index contributed by atoms with van der Waals surface area (Å²) in [5, 5.41) is 7.49. The first-order chi connectivity index (χ1) is 12.7. The summed E-state index contributed by atoms with van der Waals surface area (Å²) in [6.07, 6.45) is 1.85. The highest BCUT2D eigenvalue weighted by Crippen LogP contribution is 2.23. The summed E-state index contributed by atoms with van der Waals surface area (Å²) in [6, 6.07) is 13.8. The number of ether oxygens (including phenoxy) is 2. The van der Waals surface area contributed by atoms with Gasteiger partial charge in [-0.2, -0.15) is 5.10 Å². The average Bonchev–Trinajstić information content (AvgIpc) is 2.69. The highest BCUT2D eigenvalue weighted by molar-refractivity contribution is 6.30. The van der Waals surface area contributed by atoms with Crippen molar-refractivity contribution in [3.8, 4) is 11.5 Å². The van der Waals surface area contributed by atoms with Gasteiger partial charge in [0.05, 0.1) is 20.4 Å². The summed E-state index contributed by atoms with van der Waals surface area (Å²) in [5.41, 5.74) is 2.23. The molecule has 1 aliphatic rings. The molecule has 0 spiro atoms. The first-order valence-electron chi connectivity index (χ1n) is 8.65. The standard InChI is InChI=1S/C20H24ClN3O2/c1-25-19-8-5-17(20(13-19)26-2)14-22-24-11-9-23(10-12-24)15-16-3-6-18(21)7-4-16/h3-8,13-14H,9-12,15H2,1-2H3. The van der Waals surface area contributed by atoms with E-state index in [0.717, 1.165) is 54.8 Å². The minimum Gasteiger partial charge on any atom is -0.497 e. The Morgan fingerprint density at radius 3 is 2.38 bits per heavy atom. The summed E-state index contributed by atoms with van der Waals surface area (Å²) >= 11 is 5.95. The third kappa shape index (κ3) is 4.90. The lowest BCUT2D eigenvalue weighted by molar-refractivity contribution is 0.131. The molecule has 26 heavy (non-hydrogen) atoms. The van der Waals surface area contributed by atoms with Crippen LogP contribution >= 0.6 is 11.6 Å². The van der Waals surface area contributed by atoms with E-state index < -0.39 is 0 Å². The van der Waals surface area contributed by atoms with Crippen LogP contribution in [-0.4, -0.2) is 56.5 Å². The number of nitrogens with zero attached hydrogens (tertiary/aromatic N) is 3. The van der Waals surface area contributed by atoms with Gasteiger partial charge in [0.15, 0.2) is 0 Å². The molecule has 0 saturated carbocycles. The molecule has 0 radical (unpaired) electrons. The van der Waals surface area contributed by atoms with Crippen LogP contribution in [0.15, 0.2) is 47.6 Å². The van der Waals surface area contributed by atoms with Gasteiger partial charge < -0.3 is 9.47 Å². The molecule has 2 aromatic carbocycles. The molecule has 1 saturated heterocycles. The largest absolute Gasteiger partial charge is 0.497 e. The number of hydrazone groups is 1.